The molecule has 0 saturated heterocycles. The first kappa shape index (κ1) is 14.0. The Morgan fingerprint density at radius 2 is 1.90 bits per heavy atom. The van der Waals surface area contributed by atoms with Gasteiger partial charge in [0, 0.05) is 6.07 Å². The standard InChI is InChI=1S/C16H13ClF2N2/c1-9-4-3-5-14-15(9)21(16(20-14)10(2)17)11-6-7-12(18)13(19)8-11/h3-8,10H,1-2H3. The Labute approximate surface area is 126 Å². The van der Waals surface area contributed by atoms with Crippen molar-refractivity contribution in [3.05, 3.63) is 59.4 Å². The lowest BCUT2D eigenvalue weighted by Crippen LogP contribution is -2.03. The SMILES string of the molecule is Cc1cccc2nc(C(C)Cl)n(-c3ccc(F)c(F)c3)c12. The van der Waals surface area contributed by atoms with Crippen LogP contribution in [0.3, 0.4) is 0 Å². The van der Waals surface area contributed by atoms with E-state index < -0.39 is 11.6 Å². The number of fused-ring (bicyclic) bond motifs is 1. The van der Waals surface area contributed by atoms with E-state index in [9.17, 15) is 8.78 Å². The van der Waals surface area contributed by atoms with Gasteiger partial charge in [-0.3, -0.25) is 4.57 Å². The zero-order valence-corrected chi connectivity index (χ0v) is 12.3. The summed E-state index contributed by atoms with van der Waals surface area (Å²) in [5.74, 6) is -1.16. The predicted octanol–water partition coefficient (Wildman–Crippen LogP) is 4.91. The third kappa shape index (κ3) is 2.29. The summed E-state index contributed by atoms with van der Waals surface area (Å²) >= 11 is 6.20. The zero-order valence-electron chi connectivity index (χ0n) is 11.6. The van der Waals surface area contributed by atoms with E-state index in [1.165, 1.54) is 6.07 Å². The van der Waals surface area contributed by atoms with E-state index >= 15 is 0 Å². The fraction of sp³-hybridized carbons (Fsp3) is 0.188. The van der Waals surface area contributed by atoms with Gasteiger partial charge >= 0.3 is 0 Å². The number of hydrogen-bond acceptors (Lipinski definition) is 1. The summed E-state index contributed by atoms with van der Waals surface area (Å²) in [6.07, 6.45) is 0. The lowest BCUT2D eigenvalue weighted by molar-refractivity contribution is 0.508. The van der Waals surface area contributed by atoms with E-state index in [0.717, 1.165) is 28.7 Å². The van der Waals surface area contributed by atoms with Crippen LogP contribution in [0.2, 0.25) is 0 Å². The molecule has 21 heavy (non-hydrogen) atoms. The molecule has 0 amide bonds. The third-order valence-electron chi connectivity index (χ3n) is 3.42. The number of nitrogens with zero attached hydrogens (tertiary/aromatic N) is 2. The van der Waals surface area contributed by atoms with Gasteiger partial charge in [0.05, 0.1) is 22.1 Å². The van der Waals surface area contributed by atoms with Gasteiger partial charge in [-0.25, -0.2) is 13.8 Å². The highest BCUT2D eigenvalue weighted by molar-refractivity contribution is 6.20. The summed E-state index contributed by atoms with van der Waals surface area (Å²) in [6, 6.07) is 9.52. The van der Waals surface area contributed by atoms with E-state index in [1.807, 2.05) is 25.1 Å². The molecule has 0 bridgehead atoms. The number of aromatic nitrogens is 2. The molecular weight excluding hydrogens is 294 g/mol. The molecule has 1 atom stereocenters. The molecule has 0 aliphatic carbocycles. The number of imidazole rings is 1. The topological polar surface area (TPSA) is 17.8 Å². The Hall–Kier alpha value is -1.94. The van der Waals surface area contributed by atoms with E-state index in [1.54, 1.807) is 11.5 Å². The summed E-state index contributed by atoms with van der Waals surface area (Å²) in [7, 11) is 0. The Morgan fingerprint density at radius 3 is 2.57 bits per heavy atom. The number of para-hydroxylation sites is 1. The van der Waals surface area contributed by atoms with Crippen LogP contribution in [0.4, 0.5) is 8.78 Å². The monoisotopic (exact) mass is 306 g/mol. The highest BCUT2D eigenvalue weighted by Crippen LogP contribution is 2.30. The maximum absolute atomic E-state index is 13.6. The lowest BCUT2D eigenvalue weighted by Gasteiger charge is -2.12. The maximum Gasteiger partial charge on any atom is 0.160 e. The summed E-state index contributed by atoms with van der Waals surface area (Å²) in [6.45, 7) is 3.75. The minimum Gasteiger partial charge on any atom is -0.295 e. The number of hydrogen-bond donors (Lipinski definition) is 0. The normalized spacial score (nSPS) is 12.8. The molecule has 3 rings (SSSR count). The van der Waals surface area contributed by atoms with Gasteiger partial charge in [0.25, 0.3) is 0 Å². The molecule has 0 saturated carbocycles. The van der Waals surface area contributed by atoms with Gasteiger partial charge in [-0.15, -0.1) is 11.6 Å². The smallest absolute Gasteiger partial charge is 0.160 e. The van der Waals surface area contributed by atoms with Gasteiger partial charge in [-0.1, -0.05) is 12.1 Å². The molecule has 0 spiro atoms. The van der Waals surface area contributed by atoms with Crippen molar-refractivity contribution < 1.29 is 8.78 Å². The van der Waals surface area contributed by atoms with Crippen LogP contribution in [0.15, 0.2) is 36.4 Å². The number of halogens is 3. The van der Waals surface area contributed by atoms with Crippen molar-refractivity contribution in [1.29, 1.82) is 0 Å². The molecule has 1 aromatic heterocycles. The molecule has 1 heterocycles. The number of aryl methyl sites for hydroxylation is 1. The quantitative estimate of drug-likeness (QED) is 0.615. The number of benzene rings is 2. The molecule has 108 valence electrons. The van der Waals surface area contributed by atoms with Gasteiger partial charge < -0.3 is 0 Å². The van der Waals surface area contributed by atoms with Crippen LogP contribution in [0.1, 0.15) is 23.7 Å². The highest BCUT2D eigenvalue weighted by atomic mass is 35.5. The minimum atomic E-state index is -0.892. The van der Waals surface area contributed by atoms with Crippen molar-refractivity contribution in [1.82, 2.24) is 9.55 Å². The first-order valence-electron chi connectivity index (χ1n) is 6.56. The van der Waals surface area contributed by atoms with Crippen molar-refractivity contribution in [3.63, 3.8) is 0 Å². The van der Waals surface area contributed by atoms with E-state index in [0.29, 0.717) is 11.5 Å². The molecule has 0 aliphatic heterocycles. The molecule has 0 fully saturated rings. The summed E-state index contributed by atoms with van der Waals surface area (Å²) < 4.78 is 28.5. The van der Waals surface area contributed by atoms with Crippen molar-refractivity contribution in [2.24, 2.45) is 0 Å². The van der Waals surface area contributed by atoms with Crippen LogP contribution >= 0.6 is 11.6 Å². The van der Waals surface area contributed by atoms with Crippen molar-refractivity contribution in [2.75, 3.05) is 0 Å². The van der Waals surface area contributed by atoms with E-state index in [2.05, 4.69) is 4.98 Å². The molecular formula is C16H13ClF2N2. The van der Waals surface area contributed by atoms with Crippen LogP contribution < -0.4 is 0 Å². The molecule has 2 nitrogen and oxygen atoms in total. The summed E-state index contributed by atoms with van der Waals surface area (Å²) in [5.41, 5.74) is 3.13. The average Bonchev–Trinajstić information content (AvgIpc) is 2.83. The summed E-state index contributed by atoms with van der Waals surface area (Å²) in [5, 5.41) is -0.357. The Balaban J connectivity index is 2.38. The molecule has 0 aliphatic rings. The number of alkyl halides is 1. The van der Waals surface area contributed by atoms with Gasteiger partial charge in [0.15, 0.2) is 11.6 Å². The first-order chi connectivity index (χ1) is 9.99. The van der Waals surface area contributed by atoms with Gasteiger partial charge in [0.2, 0.25) is 0 Å². The lowest BCUT2D eigenvalue weighted by atomic mass is 10.2. The zero-order chi connectivity index (χ0) is 15.1. The van der Waals surface area contributed by atoms with E-state index in [4.69, 9.17) is 11.6 Å². The third-order valence-corrected chi connectivity index (χ3v) is 3.62. The molecule has 1 unspecified atom stereocenters. The molecule has 5 heteroatoms. The Morgan fingerprint density at radius 1 is 1.14 bits per heavy atom. The van der Waals surface area contributed by atoms with Crippen molar-refractivity contribution >= 4 is 22.6 Å². The largest absolute Gasteiger partial charge is 0.295 e. The van der Waals surface area contributed by atoms with Crippen molar-refractivity contribution in [3.8, 4) is 5.69 Å². The van der Waals surface area contributed by atoms with Crippen LogP contribution in [0.5, 0.6) is 0 Å². The van der Waals surface area contributed by atoms with Gasteiger partial charge in [-0.05, 0) is 37.6 Å². The fourth-order valence-corrected chi connectivity index (χ4v) is 2.61. The maximum atomic E-state index is 13.6. The van der Waals surface area contributed by atoms with Crippen molar-refractivity contribution in [2.45, 2.75) is 19.2 Å². The van der Waals surface area contributed by atoms with E-state index in [-0.39, 0.29) is 5.38 Å². The second-order valence-corrected chi connectivity index (χ2v) is 5.62. The average molecular weight is 307 g/mol. The summed E-state index contributed by atoms with van der Waals surface area (Å²) in [4.78, 5) is 4.52. The Bertz CT molecular complexity index is 825. The fourth-order valence-electron chi connectivity index (χ4n) is 2.46. The molecule has 0 N–H and O–H groups in total. The molecule has 0 radical (unpaired) electrons. The van der Waals surface area contributed by atoms with Gasteiger partial charge in [0.1, 0.15) is 5.82 Å². The second-order valence-electron chi connectivity index (χ2n) is 4.96. The Kier molecular flexibility index (Phi) is 3.41. The number of rotatable bonds is 2. The first-order valence-corrected chi connectivity index (χ1v) is 7.00. The van der Waals surface area contributed by atoms with Crippen LogP contribution in [-0.2, 0) is 0 Å². The molecule has 2 aromatic carbocycles. The van der Waals surface area contributed by atoms with Crippen LogP contribution in [0.25, 0.3) is 16.7 Å². The highest BCUT2D eigenvalue weighted by Gasteiger charge is 2.18. The van der Waals surface area contributed by atoms with Crippen LogP contribution in [0, 0.1) is 18.6 Å². The van der Waals surface area contributed by atoms with Gasteiger partial charge in [-0.2, -0.15) is 0 Å². The minimum absolute atomic E-state index is 0.357. The van der Waals surface area contributed by atoms with Crippen LogP contribution in [-0.4, -0.2) is 9.55 Å². The molecule has 3 aromatic rings. The second kappa shape index (κ2) is 5.11. The predicted molar refractivity (Wildman–Crippen MR) is 80.0 cm³/mol.